The van der Waals surface area contributed by atoms with Crippen LogP contribution in [0.4, 0.5) is 23.7 Å². The third-order valence-corrected chi connectivity index (χ3v) is 4.28. The first kappa shape index (κ1) is 17.3. The SMILES string of the molecule is O=C1NC(Cc2ccncc2)C(=O)N1c1ccc(SC(F)(F)F)cc1. The summed E-state index contributed by atoms with van der Waals surface area (Å²) < 4.78 is 37.1. The lowest BCUT2D eigenvalue weighted by molar-refractivity contribution is -0.118. The summed E-state index contributed by atoms with van der Waals surface area (Å²) in [6.45, 7) is 0. The Morgan fingerprint density at radius 2 is 1.72 bits per heavy atom. The Labute approximate surface area is 145 Å². The summed E-state index contributed by atoms with van der Waals surface area (Å²) in [7, 11) is 0. The van der Waals surface area contributed by atoms with Gasteiger partial charge in [0.15, 0.2) is 0 Å². The predicted octanol–water partition coefficient (Wildman–Crippen LogP) is 3.36. The molecule has 1 aromatic heterocycles. The number of urea groups is 1. The van der Waals surface area contributed by atoms with Gasteiger partial charge in [-0.25, -0.2) is 9.69 Å². The summed E-state index contributed by atoms with van der Waals surface area (Å²) in [5.41, 5.74) is -3.32. The van der Waals surface area contributed by atoms with E-state index in [1.807, 2.05) is 0 Å². The van der Waals surface area contributed by atoms with E-state index < -0.39 is 23.5 Å². The number of benzene rings is 1. The minimum absolute atomic E-state index is 0.0170. The Morgan fingerprint density at radius 1 is 1.08 bits per heavy atom. The van der Waals surface area contributed by atoms with Crippen LogP contribution in [0.1, 0.15) is 5.56 Å². The number of alkyl halides is 3. The zero-order chi connectivity index (χ0) is 18.0. The number of pyridine rings is 1. The molecule has 1 N–H and O–H groups in total. The fraction of sp³-hybridized carbons (Fsp3) is 0.188. The van der Waals surface area contributed by atoms with Crippen LogP contribution >= 0.6 is 11.8 Å². The molecule has 1 fully saturated rings. The van der Waals surface area contributed by atoms with E-state index in [9.17, 15) is 22.8 Å². The standard InChI is InChI=1S/C16H12F3N3O2S/c17-16(18,19)25-12-3-1-11(2-4-12)22-14(23)13(21-15(22)24)9-10-5-7-20-8-6-10/h1-8,13H,9H2,(H,21,24). The number of aromatic nitrogens is 1. The van der Waals surface area contributed by atoms with Crippen LogP contribution < -0.4 is 10.2 Å². The summed E-state index contributed by atoms with van der Waals surface area (Å²) in [5.74, 6) is -0.446. The van der Waals surface area contributed by atoms with Gasteiger partial charge < -0.3 is 5.32 Å². The predicted molar refractivity (Wildman–Crippen MR) is 86.1 cm³/mol. The fourth-order valence-corrected chi connectivity index (χ4v) is 3.00. The first-order valence-corrected chi connectivity index (χ1v) is 8.04. The van der Waals surface area contributed by atoms with Gasteiger partial charge in [-0.3, -0.25) is 9.78 Å². The molecule has 0 saturated carbocycles. The third kappa shape index (κ3) is 4.11. The third-order valence-electron chi connectivity index (χ3n) is 3.54. The van der Waals surface area contributed by atoms with Crippen LogP contribution in [0.2, 0.25) is 0 Å². The largest absolute Gasteiger partial charge is 0.446 e. The number of rotatable bonds is 4. The summed E-state index contributed by atoms with van der Waals surface area (Å²) >= 11 is -0.254. The van der Waals surface area contributed by atoms with E-state index in [1.54, 1.807) is 24.5 Å². The lowest BCUT2D eigenvalue weighted by atomic mass is 10.1. The van der Waals surface area contributed by atoms with Crippen molar-refractivity contribution in [2.75, 3.05) is 4.90 Å². The Morgan fingerprint density at radius 3 is 2.32 bits per heavy atom. The molecular formula is C16H12F3N3O2S. The first-order chi connectivity index (χ1) is 11.8. The van der Waals surface area contributed by atoms with E-state index >= 15 is 0 Å². The molecule has 0 radical (unpaired) electrons. The van der Waals surface area contributed by atoms with Crippen LogP contribution in [0.25, 0.3) is 0 Å². The minimum Gasteiger partial charge on any atom is -0.325 e. The molecule has 0 spiro atoms. The number of thioether (sulfide) groups is 1. The molecule has 0 aliphatic carbocycles. The number of nitrogens with zero attached hydrogens (tertiary/aromatic N) is 2. The number of carbonyl (C=O) groups excluding carboxylic acids is 2. The second kappa shape index (κ2) is 6.75. The van der Waals surface area contributed by atoms with Crippen LogP contribution in [0, 0.1) is 0 Å². The number of hydrogen-bond acceptors (Lipinski definition) is 4. The normalized spacial score (nSPS) is 17.7. The monoisotopic (exact) mass is 367 g/mol. The molecule has 2 heterocycles. The molecule has 130 valence electrons. The number of amides is 3. The molecule has 1 aliphatic rings. The van der Waals surface area contributed by atoms with Gasteiger partial charge in [-0.1, -0.05) is 0 Å². The van der Waals surface area contributed by atoms with Gasteiger partial charge in [0, 0.05) is 23.7 Å². The number of anilines is 1. The quantitative estimate of drug-likeness (QED) is 0.665. The molecule has 3 amide bonds. The Kier molecular flexibility index (Phi) is 4.67. The maximum atomic E-state index is 12.5. The van der Waals surface area contributed by atoms with Crippen LogP contribution in [-0.2, 0) is 11.2 Å². The van der Waals surface area contributed by atoms with Crippen molar-refractivity contribution >= 4 is 29.4 Å². The second-order valence-corrected chi connectivity index (χ2v) is 6.42. The van der Waals surface area contributed by atoms with E-state index in [2.05, 4.69) is 10.3 Å². The summed E-state index contributed by atoms with van der Waals surface area (Å²) in [4.78, 5) is 29.4. The van der Waals surface area contributed by atoms with Crippen molar-refractivity contribution in [1.29, 1.82) is 0 Å². The zero-order valence-electron chi connectivity index (χ0n) is 12.7. The molecule has 1 saturated heterocycles. The Hall–Kier alpha value is -2.55. The average molecular weight is 367 g/mol. The van der Waals surface area contributed by atoms with Gasteiger partial charge in [0.2, 0.25) is 0 Å². The van der Waals surface area contributed by atoms with Crippen molar-refractivity contribution in [1.82, 2.24) is 10.3 Å². The van der Waals surface area contributed by atoms with Crippen LogP contribution in [0.15, 0.2) is 53.7 Å². The number of hydrogen-bond donors (Lipinski definition) is 1. The van der Waals surface area contributed by atoms with Gasteiger partial charge in [-0.2, -0.15) is 13.2 Å². The van der Waals surface area contributed by atoms with Gasteiger partial charge in [0.25, 0.3) is 5.91 Å². The highest BCUT2D eigenvalue weighted by Crippen LogP contribution is 2.37. The topological polar surface area (TPSA) is 62.3 Å². The number of halogens is 3. The van der Waals surface area contributed by atoms with Crippen molar-refractivity contribution in [3.8, 4) is 0 Å². The van der Waals surface area contributed by atoms with Gasteiger partial charge in [-0.05, 0) is 53.7 Å². The fourth-order valence-electron chi connectivity index (χ4n) is 2.47. The number of imide groups is 1. The molecule has 1 aromatic carbocycles. The molecular weight excluding hydrogens is 355 g/mol. The highest BCUT2D eigenvalue weighted by molar-refractivity contribution is 8.00. The van der Waals surface area contributed by atoms with Crippen LogP contribution in [-0.4, -0.2) is 28.5 Å². The van der Waals surface area contributed by atoms with Gasteiger partial charge in [-0.15, -0.1) is 0 Å². The maximum Gasteiger partial charge on any atom is 0.446 e. The van der Waals surface area contributed by atoms with Gasteiger partial charge >= 0.3 is 11.5 Å². The van der Waals surface area contributed by atoms with E-state index in [4.69, 9.17) is 0 Å². The van der Waals surface area contributed by atoms with Crippen molar-refractivity contribution in [3.63, 3.8) is 0 Å². The highest BCUT2D eigenvalue weighted by atomic mass is 32.2. The Balaban J connectivity index is 1.74. The molecule has 1 unspecified atom stereocenters. The van der Waals surface area contributed by atoms with Gasteiger partial charge in [0.05, 0.1) is 5.69 Å². The summed E-state index contributed by atoms with van der Waals surface area (Å²) in [5, 5.41) is 2.59. The molecule has 1 atom stereocenters. The van der Waals surface area contributed by atoms with Crippen molar-refractivity contribution in [2.45, 2.75) is 22.9 Å². The zero-order valence-corrected chi connectivity index (χ0v) is 13.5. The van der Waals surface area contributed by atoms with Crippen LogP contribution in [0.3, 0.4) is 0 Å². The minimum atomic E-state index is -4.39. The maximum absolute atomic E-state index is 12.5. The molecule has 0 bridgehead atoms. The molecule has 1 aliphatic heterocycles. The van der Waals surface area contributed by atoms with E-state index in [0.717, 1.165) is 10.5 Å². The van der Waals surface area contributed by atoms with E-state index in [0.29, 0.717) is 6.42 Å². The van der Waals surface area contributed by atoms with E-state index in [-0.39, 0.29) is 22.3 Å². The number of carbonyl (C=O) groups is 2. The smallest absolute Gasteiger partial charge is 0.325 e. The first-order valence-electron chi connectivity index (χ1n) is 7.23. The van der Waals surface area contributed by atoms with E-state index in [1.165, 1.54) is 24.3 Å². The van der Waals surface area contributed by atoms with Crippen molar-refractivity contribution in [3.05, 3.63) is 54.4 Å². The molecule has 5 nitrogen and oxygen atoms in total. The molecule has 9 heteroatoms. The lowest BCUT2D eigenvalue weighted by Crippen LogP contribution is -2.32. The second-order valence-electron chi connectivity index (χ2n) is 5.28. The van der Waals surface area contributed by atoms with Crippen molar-refractivity contribution < 1.29 is 22.8 Å². The highest BCUT2D eigenvalue weighted by Gasteiger charge is 2.39. The summed E-state index contributed by atoms with van der Waals surface area (Å²) in [6.07, 6.45) is 3.49. The lowest BCUT2D eigenvalue weighted by Gasteiger charge is -2.14. The molecule has 3 rings (SSSR count). The average Bonchev–Trinajstić information content (AvgIpc) is 2.82. The molecule has 25 heavy (non-hydrogen) atoms. The Bertz CT molecular complexity index is 781. The summed E-state index contributed by atoms with van der Waals surface area (Å²) in [6, 6.07) is 7.26. The van der Waals surface area contributed by atoms with Gasteiger partial charge in [0.1, 0.15) is 6.04 Å². The van der Waals surface area contributed by atoms with Crippen LogP contribution in [0.5, 0.6) is 0 Å². The molecule has 2 aromatic rings. The van der Waals surface area contributed by atoms with Crippen molar-refractivity contribution in [2.24, 2.45) is 0 Å². The number of nitrogens with one attached hydrogen (secondary N) is 1.